The summed E-state index contributed by atoms with van der Waals surface area (Å²) in [4.78, 5) is 29.5. The molecule has 0 spiro atoms. The minimum absolute atomic E-state index is 0.183. The van der Waals surface area contributed by atoms with Crippen molar-refractivity contribution < 1.29 is 23.5 Å². The Balaban J connectivity index is 1.62. The molecule has 1 aliphatic heterocycles. The van der Waals surface area contributed by atoms with Gasteiger partial charge in [-0.2, -0.15) is 0 Å². The standard InChI is InChI=1S/C29H30FN5O4/c1-4-29(2,3)31-28(37)27(19-9-11-20(30)12-10-19)35(21-13-14-24-25(17-21)39-16-15-38-24)26(36)18-34-23-8-6-5-7-22(23)32-33-34/h5-14,17,27H,4,15-16,18H2,1-3H3,(H,31,37)/t27-/m0/s1. The first-order valence-corrected chi connectivity index (χ1v) is 12.8. The third-order valence-corrected chi connectivity index (χ3v) is 6.82. The van der Waals surface area contributed by atoms with E-state index in [0.717, 1.165) is 0 Å². The quantitative estimate of drug-likeness (QED) is 0.362. The van der Waals surface area contributed by atoms with E-state index >= 15 is 0 Å². The minimum atomic E-state index is -1.11. The Bertz CT molecular complexity index is 1500. The summed E-state index contributed by atoms with van der Waals surface area (Å²) < 4.78 is 26.9. The lowest BCUT2D eigenvalue weighted by Gasteiger charge is -2.35. The highest BCUT2D eigenvalue weighted by molar-refractivity contribution is 6.02. The van der Waals surface area contributed by atoms with E-state index in [4.69, 9.17) is 9.47 Å². The Morgan fingerprint density at radius 3 is 2.51 bits per heavy atom. The molecule has 0 saturated heterocycles. The topological polar surface area (TPSA) is 98.6 Å². The Labute approximate surface area is 225 Å². The van der Waals surface area contributed by atoms with E-state index in [1.165, 1.54) is 33.8 Å². The lowest BCUT2D eigenvalue weighted by Crippen LogP contribution is -2.51. The molecule has 4 aromatic rings. The van der Waals surface area contributed by atoms with Crippen LogP contribution in [0.3, 0.4) is 0 Å². The van der Waals surface area contributed by atoms with Gasteiger partial charge in [-0.3, -0.25) is 14.5 Å². The van der Waals surface area contributed by atoms with Crippen LogP contribution in [0.25, 0.3) is 11.0 Å². The van der Waals surface area contributed by atoms with E-state index in [0.29, 0.717) is 53.4 Å². The fourth-order valence-corrected chi connectivity index (χ4v) is 4.41. The van der Waals surface area contributed by atoms with Gasteiger partial charge in [-0.25, -0.2) is 9.07 Å². The number of carbonyl (C=O) groups is 2. The third-order valence-electron chi connectivity index (χ3n) is 6.82. The van der Waals surface area contributed by atoms with E-state index < -0.39 is 29.2 Å². The van der Waals surface area contributed by atoms with Crippen LogP contribution in [0.4, 0.5) is 10.1 Å². The first-order valence-electron chi connectivity index (χ1n) is 12.8. The van der Waals surface area contributed by atoms with Gasteiger partial charge in [0.15, 0.2) is 11.5 Å². The summed E-state index contributed by atoms with van der Waals surface area (Å²) in [5, 5.41) is 11.4. The predicted molar refractivity (Wildman–Crippen MR) is 144 cm³/mol. The number of benzene rings is 3. The van der Waals surface area contributed by atoms with Crippen molar-refractivity contribution in [2.75, 3.05) is 18.1 Å². The number of aromatic nitrogens is 3. The van der Waals surface area contributed by atoms with Crippen LogP contribution in [0.2, 0.25) is 0 Å². The number of ether oxygens (including phenoxy) is 2. The molecule has 0 fully saturated rings. The fourth-order valence-electron chi connectivity index (χ4n) is 4.41. The number of rotatable bonds is 8. The van der Waals surface area contributed by atoms with Gasteiger partial charge >= 0.3 is 0 Å². The lowest BCUT2D eigenvalue weighted by atomic mass is 9.98. The first kappa shape index (κ1) is 26.1. The molecule has 1 N–H and O–H groups in total. The summed E-state index contributed by atoms with van der Waals surface area (Å²) in [6.07, 6.45) is 0.664. The van der Waals surface area contributed by atoms with Crippen molar-refractivity contribution in [1.82, 2.24) is 20.3 Å². The molecule has 202 valence electrons. The Kier molecular flexibility index (Phi) is 7.19. The summed E-state index contributed by atoms with van der Waals surface area (Å²) >= 11 is 0. The fraction of sp³-hybridized carbons (Fsp3) is 0.310. The average molecular weight is 532 g/mol. The SMILES string of the molecule is CCC(C)(C)NC(=O)[C@H](c1ccc(F)cc1)N(C(=O)Cn1nnc2ccccc21)c1ccc2c(c1)OCCO2. The number of hydrogen-bond acceptors (Lipinski definition) is 6. The zero-order valence-corrected chi connectivity index (χ0v) is 22.1. The predicted octanol–water partition coefficient (Wildman–Crippen LogP) is 4.42. The number of nitrogens with one attached hydrogen (secondary N) is 1. The van der Waals surface area contributed by atoms with Crippen LogP contribution in [-0.4, -0.2) is 45.6 Å². The molecule has 1 atom stereocenters. The molecular weight excluding hydrogens is 501 g/mol. The molecule has 0 unspecified atom stereocenters. The first-order chi connectivity index (χ1) is 18.8. The lowest BCUT2D eigenvalue weighted by molar-refractivity contribution is -0.128. The van der Waals surface area contributed by atoms with Crippen LogP contribution in [0.15, 0.2) is 66.7 Å². The van der Waals surface area contributed by atoms with Crippen LogP contribution in [0, 0.1) is 5.82 Å². The zero-order valence-electron chi connectivity index (χ0n) is 22.1. The van der Waals surface area contributed by atoms with Gasteiger partial charge in [0.25, 0.3) is 0 Å². The van der Waals surface area contributed by atoms with Crippen LogP contribution in [-0.2, 0) is 16.1 Å². The maximum absolute atomic E-state index is 14.2. The van der Waals surface area contributed by atoms with Gasteiger partial charge < -0.3 is 14.8 Å². The van der Waals surface area contributed by atoms with Crippen LogP contribution < -0.4 is 19.7 Å². The number of amides is 2. The average Bonchev–Trinajstić information content (AvgIpc) is 3.34. The van der Waals surface area contributed by atoms with Crippen molar-refractivity contribution in [3.63, 3.8) is 0 Å². The minimum Gasteiger partial charge on any atom is -0.486 e. The van der Waals surface area contributed by atoms with Gasteiger partial charge in [-0.05, 0) is 62.2 Å². The van der Waals surface area contributed by atoms with E-state index in [-0.39, 0.29) is 6.54 Å². The van der Waals surface area contributed by atoms with Gasteiger partial charge in [0.2, 0.25) is 11.8 Å². The van der Waals surface area contributed by atoms with Crippen molar-refractivity contribution in [3.05, 3.63) is 78.1 Å². The molecule has 2 heterocycles. The zero-order chi connectivity index (χ0) is 27.6. The van der Waals surface area contributed by atoms with Gasteiger partial charge in [0.1, 0.15) is 37.1 Å². The number of halogens is 1. The van der Waals surface area contributed by atoms with E-state index in [9.17, 15) is 14.0 Å². The largest absolute Gasteiger partial charge is 0.486 e. The van der Waals surface area contributed by atoms with Gasteiger partial charge in [-0.15, -0.1) is 5.10 Å². The summed E-state index contributed by atoms with van der Waals surface area (Å²) in [6, 6.07) is 16.9. The highest BCUT2D eigenvalue weighted by atomic mass is 19.1. The maximum Gasteiger partial charge on any atom is 0.249 e. The number of nitrogens with zero attached hydrogens (tertiary/aromatic N) is 4. The van der Waals surface area contributed by atoms with Crippen molar-refractivity contribution in [3.8, 4) is 11.5 Å². The molecule has 5 rings (SSSR count). The van der Waals surface area contributed by atoms with Crippen LogP contribution in [0.1, 0.15) is 38.8 Å². The van der Waals surface area contributed by atoms with E-state index in [1.807, 2.05) is 45.0 Å². The second-order valence-electron chi connectivity index (χ2n) is 10.0. The molecule has 0 aliphatic carbocycles. The molecule has 1 aromatic heterocycles. The molecule has 0 saturated carbocycles. The highest BCUT2D eigenvalue weighted by Gasteiger charge is 2.36. The van der Waals surface area contributed by atoms with E-state index in [1.54, 1.807) is 18.2 Å². The molecular formula is C29H30FN5O4. The van der Waals surface area contributed by atoms with Gasteiger partial charge in [0.05, 0.1) is 5.52 Å². The second-order valence-corrected chi connectivity index (χ2v) is 10.0. The maximum atomic E-state index is 14.2. The second kappa shape index (κ2) is 10.7. The number of hydrogen-bond donors (Lipinski definition) is 1. The Hall–Kier alpha value is -4.47. The van der Waals surface area contributed by atoms with Crippen molar-refractivity contribution in [2.24, 2.45) is 0 Å². The van der Waals surface area contributed by atoms with Crippen molar-refractivity contribution in [1.29, 1.82) is 0 Å². The van der Waals surface area contributed by atoms with Crippen molar-refractivity contribution >= 4 is 28.5 Å². The van der Waals surface area contributed by atoms with Gasteiger partial charge in [0, 0.05) is 17.3 Å². The summed E-state index contributed by atoms with van der Waals surface area (Å²) in [6.45, 7) is 6.38. The summed E-state index contributed by atoms with van der Waals surface area (Å²) in [7, 11) is 0. The molecule has 0 bridgehead atoms. The summed E-state index contributed by atoms with van der Waals surface area (Å²) in [5.74, 6) is -0.246. The Morgan fingerprint density at radius 1 is 1.05 bits per heavy atom. The molecule has 39 heavy (non-hydrogen) atoms. The molecule has 2 amide bonds. The number of carbonyl (C=O) groups excluding carboxylic acids is 2. The molecule has 9 nitrogen and oxygen atoms in total. The monoisotopic (exact) mass is 531 g/mol. The normalized spacial score (nSPS) is 13.6. The van der Waals surface area contributed by atoms with Crippen molar-refractivity contribution in [2.45, 2.75) is 45.3 Å². The molecule has 3 aromatic carbocycles. The molecule has 10 heteroatoms. The van der Waals surface area contributed by atoms with Crippen LogP contribution in [0.5, 0.6) is 11.5 Å². The smallest absolute Gasteiger partial charge is 0.249 e. The summed E-state index contributed by atoms with van der Waals surface area (Å²) in [5.41, 5.74) is 1.66. The van der Waals surface area contributed by atoms with Gasteiger partial charge in [-0.1, -0.05) is 36.4 Å². The number of para-hydroxylation sites is 1. The van der Waals surface area contributed by atoms with E-state index in [2.05, 4.69) is 15.6 Å². The molecule has 1 aliphatic rings. The molecule has 0 radical (unpaired) electrons. The third kappa shape index (κ3) is 5.55. The highest BCUT2D eigenvalue weighted by Crippen LogP contribution is 2.37. The van der Waals surface area contributed by atoms with Crippen LogP contribution >= 0.6 is 0 Å². The Morgan fingerprint density at radius 2 is 1.77 bits per heavy atom. The number of anilines is 1. The number of fused-ring (bicyclic) bond motifs is 2.